The topological polar surface area (TPSA) is 117 Å². The van der Waals surface area contributed by atoms with Gasteiger partial charge in [0.25, 0.3) is 5.91 Å². The van der Waals surface area contributed by atoms with E-state index >= 15 is 0 Å². The minimum atomic E-state index is -4.72. The molecule has 1 aliphatic heterocycles. The summed E-state index contributed by atoms with van der Waals surface area (Å²) in [6, 6.07) is 18.2. The summed E-state index contributed by atoms with van der Waals surface area (Å²) in [7, 11) is 0. The summed E-state index contributed by atoms with van der Waals surface area (Å²) in [5, 5.41) is 17.6. The van der Waals surface area contributed by atoms with Gasteiger partial charge in [0, 0.05) is 24.6 Å². The number of amides is 2. The Bertz CT molecular complexity index is 1600. The highest BCUT2D eigenvalue weighted by Gasteiger charge is 2.50. The summed E-state index contributed by atoms with van der Waals surface area (Å²) in [4.78, 5) is 35.2. The Morgan fingerprint density at radius 2 is 1.83 bits per heavy atom. The number of halogens is 4. The van der Waals surface area contributed by atoms with E-state index in [1.54, 1.807) is 30.3 Å². The van der Waals surface area contributed by atoms with E-state index in [0.717, 1.165) is 22.7 Å². The second-order valence-electron chi connectivity index (χ2n) is 9.38. The van der Waals surface area contributed by atoms with Crippen LogP contribution in [0, 0.1) is 0 Å². The fourth-order valence-corrected chi connectivity index (χ4v) is 5.18. The number of ether oxygens (including phenoxy) is 1. The fourth-order valence-electron chi connectivity index (χ4n) is 5.04. The zero-order chi connectivity index (χ0) is 29.2. The third-order valence-electron chi connectivity index (χ3n) is 6.74. The number of carbonyl (C=O) groups is 2. The van der Waals surface area contributed by atoms with Gasteiger partial charge in [-0.25, -0.2) is 19.7 Å². The number of piperazine rings is 1. The van der Waals surface area contributed by atoms with Crippen LogP contribution in [0.25, 0.3) is 10.8 Å². The van der Waals surface area contributed by atoms with Crippen molar-refractivity contribution >= 4 is 34.4 Å². The average Bonchev–Trinajstić information content (AvgIpc) is 2.92. The van der Waals surface area contributed by atoms with Crippen LogP contribution in [0.2, 0.25) is 5.15 Å². The Morgan fingerprint density at radius 3 is 2.59 bits per heavy atom. The van der Waals surface area contributed by atoms with Crippen molar-refractivity contribution in [1.29, 1.82) is 0 Å². The molecule has 0 aliphatic carbocycles. The maximum atomic E-state index is 14.0. The third kappa shape index (κ3) is 5.88. The molecule has 2 unspecified atom stereocenters. The van der Waals surface area contributed by atoms with E-state index in [1.807, 2.05) is 12.1 Å². The first-order valence-corrected chi connectivity index (χ1v) is 12.8. The van der Waals surface area contributed by atoms with Gasteiger partial charge in [-0.05, 0) is 28.5 Å². The number of hydrogen-bond donors (Lipinski definition) is 3. The van der Waals surface area contributed by atoms with E-state index in [4.69, 9.17) is 16.3 Å². The van der Waals surface area contributed by atoms with Gasteiger partial charge < -0.3 is 20.5 Å². The lowest BCUT2D eigenvalue weighted by atomic mass is 9.91. The SMILES string of the molecule is O=C(NC1(Cc2ccccc2C(F)(F)F)CNCC(Oc2cc(Cl)ncn2)N1C(=O)O)c1cccc2ccccc12. The van der Waals surface area contributed by atoms with Gasteiger partial charge >= 0.3 is 12.3 Å². The molecule has 1 fully saturated rings. The molecule has 2 heterocycles. The number of benzene rings is 3. The van der Waals surface area contributed by atoms with Gasteiger partial charge in [0.05, 0.1) is 12.1 Å². The standard InChI is InChI=1S/C28H23ClF3N5O4/c29-22-12-23(35-16-34-22)41-24-14-33-15-27(37(24)26(39)40,13-18-7-2-4-11-21(18)28(30,31)32)36-25(38)20-10-5-8-17-6-1-3-9-19(17)20/h1-12,16,24,33H,13-15H2,(H,36,38)(H,39,40). The van der Waals surface area contributed by atoms with E-state index in [2.05, 4.69) is 20.6 Å². The highest BCUT2D eigenvalue weighted by atomic mass is 35.5. The molecule has 0 saturated carbocycles. The van der Waals surface area contributed by atoms with E-state index in [1.165, 1.54) is 24.3 Å². The molecular formula is C28H23ClF3N5O4. The van der Waals surface area contributed by atoms with E-state index in [-0.39, 0.29) is 35.2 Å². The largest absolute Gasteiger partial charge is 0.465 e. The monoisotopic (exact) mass is 585 g/mol. The van der Waals surface area contributed by atoms with Gasteiger partial charge in [0.15, 0.2) is 6.23 Å². The predicted molar refractivity (Wildman–Crippen MR) is 143 cm³/mol. The van der Waals surface area contributed by atoms with Crippen molar-refractivity contribution in [3.05, 3.63) is 101 Å². The summed E-state index contributed by atoms with van der Waals surface area (Å²) in [6.45, 7) is -0.271. The van der Waals surface area contributed by atoms with Crippen molar-refractivity contribution in [1.82, 2.24) is 25.5 Å². The van der Waals surface area contributed by atoms with Crippen LogP contribution in [0.3, 0.4) is 0 Å². The van der Waals surface area contributed by atoms with Crippen LogP contribution in [0.4, 0.5) is 18.0 Å². The molecule has 1 aromatic heterocycles. The summed E-state index contributed by atoms with van der Waals surface area (Å²) in [5.41, 5.74) is -2.85. The zero-order valence-electron chi connectivity index (χ0n) is 21.2. The minimum Gasteiger partial charge on any atom is -0.465 e. The zero-order valence-corrected chi connectivity index (χ0v) is 22.0. The lowest BCUT2D eigenvalue weighted by Gasteiger charge is -2.49. The average molecular weight is 586 g/mol. The second kappa shape index (κ2) is 11.2. The highest BCUT2D eigenvalue weighted by molar-refractivity contribution is 6.29. The Morgan fingerprint density at radius 1 is 1.10 bits per heavy atom. The van der Waals surface area contributed by atoms with Crippen molar-refractivity contribution in [2.45, 2.75) is 24.5 Å². The maximum Gasteiger partial charge on any atom is 0.416 e. The second-order valence-corrected chi connectivity index (χ2v) is 9.77. The fraction of sp³-hybridized carbons (Fsp3) is 0.214. The first-order valence-electron chi connectivity index (χ1n) is 12.4. The molecule has 41 heavy (non-hydrogen) atoms. The van der Waals surface area contributed by atoms with Gasteiger partial charge in [-0.1, -0.05) is 66.2 Å². The van der Waals surface area contributed by atoms with Crippen LogP contribution in [0.1, 0.15) is 21.5 Å². The lowest BCUT2D eigenvalue weighted by Crippen LogP contribution is -2.75. The molecule has 0 spiro atoms. The molecule has 3 aromatic carbocycles. The Hall–Kier alpha value is -4.42. The van der Waals surface area contributed by atoms with Crippen LogP contribution in [0.5, 0.6) is 5.88 Å². The van der Waals surface area contributed by atoms with E-state index < -0.39 is 42.1 Å². The Balaban J connectivity index is 1.61. The summed E-state index contributed by atoms with van der Waals surface area (Å²) < 4.78 is 47.8. The Kier molecular flexibility index (Phi) is 7.70. The normalized spacial score (nSPS) is 19.1. The van der Waals surface area contributed by atoms with Crippen LogP contribution in [0.15, 0.2) is 79.1 Å². The number of carboxylic acid groups (broad SMARTS) is 1. The number of alkyl halides is 3. The van der Waals surface area contributed by atoms with Crippen molar-refractivity contribution < 1.29 is 32.6 Å². The van der Waals surface area contributed by atoms with Crippen molar-refractivity contribution in [3.8, 4) is 5.88 Å². The van der Waals surface area contributed by atoms with Crippen molar-refractivity contribution in [2.75, 3.05) is 13.1 Å². The number of nitrogens with one attached hydrogen (secondary N) is 2. The van der Waals surface area contributed by atoms with Gasteiger partial charge in [0.1, 0.15) is 17.1 Å². The molecule has 1 aliphatic rings. The number of fused-ring (bicyclic) bond motifs is 1. The predicted octanol–water partition coefficient (Wildman–Crippen LogP) is 4.96. The van der Waals surface area contributed by atoms with Crippen molar-refractivity contribution in [2.24, 2.45) is 0 Å². The molecule has 2 atom stereocenters. The highest BCUT2D eigenvalue weighted by Crippen LogP contribution is 2.35. The molecule has 1 saturated heterocycles. The summed E-state index contributed by atoms with van der Waals surface area (Å²) >= 11 is 5.93. The van der Waals surface area contributed by atoms with Gasteiger partial charge in [0.2, 0.25) is 5.88 Å². The van der Waals surface area contributed by atoms with Gasteiger partial charge in [-0.15, -0.1) is 0 Å². The number of hydrogen-bond acceptors (Lipinski definition) is 6. The first-order chi connectivity index (χ1) is 19.6. The number of nitrogens with zero attached hydrogens (tertiary/aromatic N) is 3. The summed E-state index contributed by atoms with van der Waals surface area (Å²) in [6.07, 6.45) is -6.96. The van der Waals surface area contributed by atoms with Crippen LogP contribution in [-0.4, -0.2) is 57.0 Å². The molecule has 13 heteroatoms. The van der Waals surface area contributed by atoms with Crippen LogP contribution in [-0.2, 0) is 12.6 Å². The molecule has 212 valence electrons. The minimum absolute atomic E-state index is 0.0373. The lowest BCUT2D eigenvalue weighted by molar-refractivity contribution is -0.138. The molecule has 2 amide bonds. The Labute approximate surface area is 236 Å². The van der Waals surface area contributed by atoms with Crippen LogP contribution < -0.4 is 15.4 Å². The maximum absolute atomic E-state index is 14.0. The molecule has 0 radical (unpaired) electrons. The van der Waals surface area contributed by atoms with Crippen LogP contribution >= 0.6 is 11.6 Å². The van der Waals surface area contributed by atoms with Gasteiger partial charge in [-0.2, -0.15) is 13.2 Å². The molecule has 0 bridgehead atoms. The quantitative estimate of drug-likeness (QED) is 0.274. The summed E-state index contributed by atoms with van der Waals surface area (Å²) in [5.74, 6) is -0.736. The molecular weight excluding hydrogens is 563 g/mol. The molecule has 5 rings (SSSR count). The first kappa shape index (κ1) is 28.1. The number of aromatic nitrogens is 2. The molecule has 4 aromatic rings. The van der Waals surface area contributed by atoms with Crippen molar-refractivity contribution in [3.63, 3.8) is 0 Å². The van der Waals surface area contributed by atoms with Gasteiger partial charge in [-0.3, -0.25) is 4.79 Å². The van der Waals surface area contributed by atoms with E-state index in [0.29, 0.717) is 5.39 Å². The molecule has 3 N–H and O–H groups in total. The number of carbonyl (C=O) groups excluding carboxylic acids is 1. The number of rotatable bonds is 6. The van der Waals surface area contributed by atoms with E-state index in [9.17, 15) is 27.9 Å². The smallest absolute Gasteiger partial charge is 0.416 e. The third-order valence-corrected chi connectivity index (χ3v) is 6.95. The molecule has 9 nitrogen and oxygen atoms in total.